The Morgan fingerprint density at radius 1 is 1.16 bits per heavy atom. The molecule has 0 radical (unpaired) electrons. The summed E-state index contributed by atoms with van der Waals surface area (Å²) < 4.78 is 0. The molecule has 1 heterocycles. The summed E-state index contributed by atoms with van der Waals surface area (Å²) in [5, 5.41) is 0.867. The molecule has 1 aromatic carbocycles. The monoisotopic (exact) mass is 279 g/mol. The van der Waals surface area contributed by atoms with Crippen LogP contribution in [-0.4, -0.2) is 43.7 Å². The minimum atomic E-state index is 0.676. The van der Waals surface area contributed by atoms with Gasteiger partial charge in [0.25, 0.3) is 0 Å². The lowest BCUT2D eigenvalue weighted by Gasteiger charge is -2.36. The Morgan fingerprint density at radius 2 is 1.89 bits per heavy atom. The van der Waals surface area contributed by atoms with Crippen molar-refractivity contribution in [3.8, 4) is 0 Å². The van der Waals surface area contributed by atoms with Crippen LogP contribution in [0.1, 0.15) is 18.4 Å². The average Bonchev–Trinajstić information content (AvgIpc) is 3.24. The van der Waals surface area contributed by atoms with Crippen LogP contribution in [0.2, 0.25) is 5.02 Å². The van der Waals surface area contributed by atoms with E-state index in [1.807, 2.05) is 0 Å². The highest BCUT2D eigenvalue weighted by Gasteiger charge is 2.31. The van der Waals surface area contributed by atoms with E-state index >= 15 is 0 Å². The van der Waals surface area contributed by atoms with Gasteiger partial charge in [-0.2, -0.15) is 0 Å². The molecule has 19 heavy (non-hydrogen) atoms. The number of nitrogens with two attached hydrogens (primary N) is 1. The number of anilines is 1. The number of nitrogens with zero attached hydrogens (tertiary/aromatic N) is 2. The Bertz CT molecular complexity index is 437. The van der Waals surface area contributed by atoms with Gasteiger partial charge in [-0.25, -0.2) is 0 Å². The van der Waals surface area contributed by atoms with E-state index in [4.69, 9.17) is 17.3 Å². The molecule has 0 atom stereocenters. The molecule has 3 nitrogen and oxygen atoms in total. The van der Waals surface area contributed by atoms with Crippen LogP contribution in [0.3, 0.4) is 0 Å². The molecule has 1 saturated carbocycles. The highest BCUT2D eigenvalue weighted by atomic mass is 35.5. The molecule has 2 aliphatic rings. The van der Waals surface area contributed by atoms with Crippen LogP contribution in [0.15, 0.2) is 18.2 Å². The van der Waals surface area contributed by atoms with Gasteiger partial charge in [-0.1, -0.05) is 17.7 Å². The third kappa shape index (κ3) is 3.04. The van der Waals surface area contributed by atoms with Gasteiger partial charge in [-0.3, -0.25) is 4.90 Å². The van der Waals surface area contributed by atoms with Gasteiger partial charge in [0.05, 0.1) is 10.7 Å². The topological polar surface area (TPSA) is 32.5 Å². The van der Waals surface area contributed by atoms with Crippen LogP contribution in [0.5, 0.6) is 0 Å². The van der Waals surface area contributed by atoms with Crippen molar-refractivity contribution in [1.29, 1.82) is 0 Å². The molecule has 104 valence electrons. The molecular formula is C15H22ClN3. The van der Waals surface area contributed by atoms with Gasteiger partial charge in [0.15, 0.2) is 0 Å². The standard InChI is InChI=1S/C15H22ClN3/c16-14-11-12(5-6-17)1-4-15(14)19-9-7-18(8-10-19)13-2-3-13/h1,4,11,13H,2-3,5-10,17H2. The highest BCUT2D eigenvalue weighted by Crippen LogP contribution is 2.31. The lowest BCUT2D eigenvalue weighted by atomic mass is 10.1. The summed E-state index contributed by atoms with van der Waals surface area (Å²) in [4.78, 5) is 5.03. The van der Waals surface area contributed by atoms with E-state index in [2.05, 4.69) is 28.0 Å². The second-order valence-corrected chi connectivity index (χ2v) is 5.99. The minimum Gasteiger partial charge on any atom is -0.368 e. The smallest absolute Gasteiger partial charge is 0.0642 e. The first-order valence-corrected chi connectivity index (χ1v) is 7.63. The number of halogens is 1. The lowest BCUT2D eigenvalue weighted by molar-refractivity contribution is 0.248. The van der Waals surface area contributed by atoms with Crippen molar-refractivity contribution >= 4 is 17.3 Å². The first-order chi connectivity index (χ1) is 9.28. The molecule has 0 spiro atoms. The zero-order valence-corrected chi connectivity index (χ0v) is 12.1. The van der Waals surface area contributed by atoms with E-state index in [-0.39, 0.29) is 0 Å². The van der Waals surface area contributed by atoms with Crippen LogP contribution in [-0.2, 0) is 6.42 Å². The number of rotatable bonds is 4. The van der Waals surface area contributed by atoms with E-state index < -0.39 is 0 Å². The van der Waals surface area contributed by atoms with Gasteiger partial charge in [0.2, 0.25) is 0 Å². The molecule has 1 aliphatic heterocycles. The van der Waals surface area contributed by atoms with Gasteiger partial charge in [-0.05, 0) is 43.5 Å². The van der Waals surface area contributed by atoms with Crippen LogP contribution < -0.4 is 10.6 Å². The molecule has 3 rings (SSSR count). The number of piperazine rings is 1. The molecule has 1 saturated heterocycles. The minimum absolute atomic E-state index is 0.676. The highest BCUT2D eigenvalue weighted by molar-refractivity contribution is 6.33. The quantitative estimate of drug-likeness (QED) is 0.916. The first-order valence-electron chi connectivity index (χ1n) is 7.25. The van der Waals surface area contributed by atoms with Crippen LogP contribution in [0, 0.1) is 0 Å². The molecule has 2 fully saturated rings. The SMILES string of the molecule is NCCc1ccc(N2CCN(C3CC3)CC2)c(Cl)c1. The average molecular weight is 280 g/mol. The molecule has 4 heteroatoms. The second kappa shape index (κ2) is 5.70. The third-order valence-corrected chi connectivity index (χ3v) is 4.47. The summed E-state index contributed by atoms with van der Waals surface area (Å²) in [6, 6.07) is 7.25. The van der Waals surface area contributed by atoms with E-state index in [9.17, 15) is 0 Å². The summed E-state index contributed by atoms with van der Waals surface area (Å²) in [7, 11) is 0. The second-order valence-electron chi connectivity index (χ2n) is 5.58. The largest absolute Gasteiger partial charge is 0.368 e. The molecule has 0 amide bonds. The van der Waals surface area contributed by atoms with Crippen molar-refractivity contribution in [3.05, 3.63) is 28.8 Å². The fourth-order valence-corrected chi connectivity index (χ4v) is 3.22. The number of hydrogen-bond donors (Lipinski definition) is 1. The van der Waals surface area contributed by atoms with Gasteiger partial charge < -0.3 is 10.6 Å². The molecule has 1 aromatic rings. The van der Waals surface area contributed by atoms with Crippen molar-refractivity contribution < 1.29 is 0 Å². The zero-order valence-electron chi connectivity index (χ0n) is 11.3. The fourth-order valence-electron chi connectivity index (χ4n) is 2.90. The normalized spacial score (nSPS) is 20.8. The number of benzene rings is 1. The molecule has 0 aromatic heterocycles. The summed E-state index contributed by atoms with van der Waals surface area (Å²) in [6.45, 7) is 5.20. The summed E-state index contributed by atoms with van der Waals surface area (Å²) in [6.07, 6.45) is 3.69. The Morgan fingerprint density at radius 3 is 2.47 bits per heavy atom. The van der Waals surface area contributed by atoms with Crippen LogP contribution in [0.25, 0.3) is 0 Å². The van der Waals surface area contributed by atoms with E-state index in [0.29, 0.717) is 6.54 Å². The Labute approximate surface area is 120 Å². The molecular weight excluding hydrogens is 258 g/mol. The summed E-state index contributed by atoms with van der Waals surface area (Å²) in [5.74, 6) is 0. The molecule has 0 unspecified atom stereocenters. The predicted octanol–water partition coefficient (Wildman–Crippen LogP) is 2.13. The maximum Gasteiger partial charge on any atom is 0.0642 e. The van der Waals surface area contributed by atoms with E-state index in [1.165, 1.54) is 37.2 Å². The molecule has 2 N–H and O–H groups in total. The Hall–Kier alpha value is -0.770. The van der Waals surface area contributed by atoms with E-state index in [0.717, 1.165) is 30.6 Å². The Kier molecular flexibility index (Phi) is 3.96. The lowest BCUT2D eigenvalue weighted by Crippen LogP contribution is -2.47. The van der Waals surface area contributed by atoms with E-state index in [1.54, 1.807) is 0 Å². The van der Waals surface area contributed by atoms with Gasteiger partial charge in [-0.15, -0.1) is 0 Å². The van der Waals surface area contributed by atoms with Crippen LogP contribution >= 0.6 is 11.6 Å². The zero-order chi connectivity index (χ0) is 13.2. The van der Waals surface area contributed by atoms with Gasteiger partial charge in [0, 0.05) is 32.2 Å². The van der Waals surface area contributed by atoms with Crippen LogP contribution in [0.4, 0.5) is 5.69 Å². The maximum absolute atomic E-state index is 6.41. The van der Waals surface area contributed by atoms with Crippen molar-refractivity contribution in [2.75, 3.05) is 37.6 Å². The van der Waals surface area contributed by atoms with Crippen molar-refractivity contribution in [3.63, 3.8) is 0 Å². The molecule has 0 bridgehead atoms. The van der Waals surface area contributed by atoms with Crippen molar-refractivity contribution in [1.82, 2.24) is 4.90 Å². The van der Waals surface area contributed by atoms with Gasteiger partial charge in [0.1, 0.15) is 0 Å². The first kappa shape index (κ1) is 13.2. The number of hydrogen-bond acceptors (Lipinski definition) is 3. The summed E-state index contributed by atoms with van der Waals surface area (Å²) >= 11 is 6.41. The van der Waals surface area contributed by atoms with Crippen molar-refractivity contribution in [2.45, 2.75) is 25.3 Å². The summed E-state index contributed by atoms with van der Waals surface area (Å²) in [5.41, 5.74) is 7.99. The van der Waals surface area contributed by atoms with Crippen molar-refractivity contribution in [2.24, 2.45) is 5.73 Å². The predicted molar refractivity (Wildman–Crippen MR) is 81.0 cm³/mol. The maximum atomic E-state index is 6.41. The molecule has 1 aliphatic carbocycles. The fraction of sp³-hybridized carbons (Fsp3) is 0.600. The third-order valence-electron chi connectivity index (χ3n) is 4.16. The Balaban J connectivity index is 1.65. The van der Waals surface area contributed by atoms with Gasteiger partial charge >= 0.3 is 0 Å².